The minimum atomic E-state index is -4.12. The third-order valence-corrected chi connectivity index (χ3v) is 7.62. The van der Waals surface area contributed by atoms with Crippen molar-refractivity contribution in [3.8, 4) is 0 Å². The van der Waals surface area contributed by atoms with Crippen LogP contribution in [0.2, 0.25) is 0 Å². The third-order valence-electron chi connectivity index (χ3n) is 5.83. The molecule has 3 aromatic rings. The fourth-order valence-corrected chi connectivity index (χ4v) is 5.30. The van der Waals surface area contributed by atoms with Crippen LogP contribution in [-0.2, 0) is 14.8 Å². The van der Waals surface area contributed by atoms with Crippen molar-refractivity contribution >= 4 is 27.3 Å². The van der Waals surface area contributed by atoms with E-state index in [-0.39, 0.29) is 16.6 Å². The summed E-state index contributed by atoms with van der Waals surface area (Å²) in [6.45, 7) is 3.02. The molecule has 9 heteroatoms. The number of aryl methyl sites for hydroxylation is 1. The van der Waals surface area contributed by atoms with Gasteiger partial charge in [0, 0.05) is 26.2 Å². The molecular formula is C25H25F2N3O3S. The summed E-state index contributed by atoms with van der Waals surface area (Å²) in [6.07, 6.45) is 0. The van der Waals surface area contributed by atoms with Gasteiger partial charge in [0.2, 0.25) is 5.91 Å². The highest BCUT2D eigenvalue weighted by Crippen LogP contribution is 2.25. The predicted molar refractivity (Wildman–Crippen MR) is 127 cm³/mol. The molecule has 0 aromatic heterocycles. The molecule has 0 bridgehead atoms. The Kier molecular flexibility index (Phi) is 6.83. The van der Waals surface area contributed by atoms with Crippen LogP contribution in [0.5, 0.6) is 0 Å². The van der Waals surface area contributed by atoms with Gasteiger partial charge in [-0.3, -0.25) is 9.10 Å². The van der Waals surface area contributed by atoms with Crippen LogP contribution in [0.15, 0.2) is 77.7 Å². The zero-order chi connectivity index (χ0) is 24.3. The van der Waals surface area contributed by atoms with Crippen molar-refractivity contribution in [2.24, 2.45) is 0 Å². The smallest absolute Gasteiger partial charge is 0.264 e. The summed E-state index contributed by atoms with van der Waals surface area (Å²) in [5, 5.41) is 0. The summed E-state index contributed by atoms with van der Waals surface area (Å²) in [5.41, 5.74) is 1.77. The molecule has 0 aliphatic carbocycles. The van der Waals surface area contributed by atoms with Gasteiger partial charge in [-0.15, -0.1) is 0 Å². The van der Waals surface area contributed by atoms with E-state index in [2.05, 4.69) is 0 Å². The van der Waals surface area contributed by atoms with Crippen LogP contribution in [0.4, 0.5) is 20.2 Å². The monoisotopic (exact) mass is 485 g/mol. The van der Waals surface area contributed by atoms with E-state index in [0.717, 1.165) is 22.0 Å². The van der Waals surface area contributed by atoms with E-state index in [0.29, 0.717) is 37.6 Å². The molecule has 0 N–H and O–H groups in total. The SMILES string of the molecule is Cc1ccc(N(CC(=O)N2CCN(c3ccccc3F)CC2)S(=O)(=O)c2ccc(F)cc2)cc1. The lowest BCUT2D eigenvalue weighted by Gasteiger charge is -2.37. The highest BCUT2D eigenvalue weighted by molar-refractivity contribution is 7.92. The molecule has 3 aromatic carbocycles. The molecule has 178 valence electrons. The average Bonchev–Trinajstić information content (AvgIpc) is 2.84. The molecule has 6 nitrogen and oxygen atoms in total. The zero-order valence-corrected chi connectivity index (χ0v) is 19.5. The number of para-hydroxylation sites is 1. The van der Waals surface area contributed by atoms with Gasteiger partial charge in [-0.25, -0.2) is 17.2 Å². The van der Waals surface area contributed by atoms with Crippen molar-refractivity contribution in [3.05, 3.63) is 90.0 Å². The van der Waals surface area contributed by atoms with Crippen LogP contribution in [0.25, 0.3) is 0 Å². The number of hydrogen-bond acceptors (Lipinski definition) is 4. The van der Waals surface area contributed by atoms with E-state index in [4.69, 9.17) is 0 Å². The second kappa shape index (κ2) is 9.80. The Bertz CT molecular complexity index is 1260. The lowest BCUT2D eigenvalue weighted by Crippen LogP contribution is -2.52. The van der Waals surface area contributed by atoms with Crippen LogP contribution >= 0.6 is 0 Å². The van der Waals surface area contributed by atoms with Crippen molar-refractivity contribution in [1.82, 2.24) is 4.90 Å². The minimum Gasteiger partial charge on any atom is -0.366 e. The van der Waals surface area contributed by atoms with Crippen molar-refractivity contribution in [3.63, 3.8) is 0 Å². The first-order valence-electron chi connectivity index (χ1n) is 10.9. The van der Waals surface area contributed by atoms with Gasteiger partial charge in [-0.1, -0.05) is 29.8 Å². The summed E-state index contributed by atoms with van der Waals surface area (Å²) in [4.78, 5) is 16.5. The zero-order valence-electron chi connectivity index (χ0n) is 18.7. The van der Waals surface area contributed by atoms with Gasteiger partial charge in [0.15, 0.2) is 0 Å². The number of nitrogens with zero attached hydrogens (tertiary/aromatic N) is 3. The molecule has 1 aliphatic heterocycles. The molecular weight excluding hydrogens is 460 g/mol. The van der Waals surface area contributed by atoms with E-state index in [1.165, 1.54) is 18.2 Å². The van der Waals surface area contributed by atoms with E-state index in [1.54, 1.807) is 47.4 Å². The van der Waals surface area contributed by atoms with Crippen molar-refractivity contribution in [1.29, 1.82) is 0 Å². The molecule has 0 radical (unpaired) electrons. The first-order chi connectivity index (χ1) is 16.3. The first-order valence-corrected chi connectivity index (χ1v) is 12.3. The Morgan fingerprint density at radius 1 is 0.882 bits per heavy atom. The fourth-order valence-electron chi connectivity index (χ4n) is 3.89. The molecule has 4 rings (SSSR count). The highest BCUT2D eigenvalue weighted by atomic mass is 32.2. The van der Waals surface area contributed by atoms with Crippen molar-refractivity contribution in [2.75, 3.05) is 41.9 Å². The fraction of sp³-hybridized carbons (Fsp3) is 0.240. The van der Waals surface area contributed by atoms with E-state index >= 15 is 0 Å². The number of benzene rings is 3. The van der Waals surface area contributed by atoms with Crippen LogP contribution in [0.3, 0.4) is 0 Å². The van der Waals surface area contributed by atoms with Gasteiger partial charge in [0.1, 0.15) is 18.2 Å². The van der Waals surface area contributed by atoms with Gasteiger partial charge in [-0.05, 0) is 55.5 Å². The van der Waals surface area contributed by atoms with Crippen LogP contribution in [-0.4, -0.2) is 51.9 Å². The normalized spacial score (nSPS) is 14.2. The van der Waals surface area contributed by atoms with Gasteiger partial charge in [0.05, 0.1) is 16.3 Å². The molecule has 34 heavy (non-hydrogen) atoms. The lowest BCUT2D eigenvalue weighted by atomic mass is 10.2. The number of amides is 1. The number of rotatable bonds is 6. The average molecular weight is 486 g/mol. The molecule has 1 fully saturated rings. The van der Waals surface area contributed by atoms with Crippen molar-refractivity contribution < 1.29 is 22.0 Å². The summed E-state index contributed by atoms with van der Waals surface area (Å²) < 4.78 is 55.4. The van der Waals surface area contributed by atoms with Gasteiger partial charge in [-0.2, -0.15) is 0 Å². The Hall–Kier alpha value is -3.46. The predicted octanol–water partition coefficient (Wildman–Crippen LogP) is 3.82. The molecule has 1 amide bonds. The third kappa shape index (κ3) is 5.04. The van der Waals surface area contributed by atoms with E-state index in [9.17, 15) is 22.0 Å². The van der Waals surface area contributed by atoms with E-state index in [1.807, 2.05) is 11.8 Å². The Morgan fingerprint density at radius 3 is 2.12 bits per heavy atom. The van der Waals surface area contributed by atoms with Gasteiger partial charge in [0.25, 0.3) is 10.0 Å². The number of carbonyl (C=O) groups excluding carboxylic acids is 1. The lowest BCUT2D eigenvalue weighted by molar-refractivity contribution is -0.129. The summed E-state index contributed by atoms with van der Waals surface area (Å²) >= 11 is 0. The Morgan fingerprint density at radius 2 is 1.50 bits per heavy atom. The number of piperazine rings is 1. The van der Waals surface area contributed by atoms with Gasteiger partial charge >= 0.3 is 0 Å². The maximum Gasteiger partial charge on any atom is 0.264 e. The maximum absolute atomic E-state index is 14.1. The molecule has 0 saturated carbocycles. The number of anilines is 2. The quantitative estimate of drug-likeness (QED) is 0.533. The minimum absolute atomic E-state index is 0.105. The van der Waals surface area contributed by atoms with Crippen LogP contribution in [0, 0.1) is 18.6 Å². The van der Waals surface area contributed by atoms with Crippen molar-refractivity contribution in [2.45, 2.75) is 11.8 Å². The topological polar surface area (TPSA) is 60.9 Å². The highest BCUT2D eigenvalue weighted by Gasteiger charge is 2.30. The van der Waals surface area contributed by atoms with Crippen LogP contribution in [0.1, 0.15) is 5.56 Å². The van der Waals surface area contributed by atoms with Crippen LogP contribution < -0.4 is 9.21 Å². The molecule has 0 spiro atoms. The molecule has 0 atom stereocenters. The Balaban J connectivity index is 1.54. The van der Waals surface area contributed by atoms with Gasteiger partial charge < -0.3 is 9.80 Å². The summed E-state index contributed by atoms with van der Waals surface area (Å²) in [6, 6.07) is 17.8. The Labute approximate surface area is 198 Å². The second-order valence-corrected chi connectivity index (χ2v) is 9.98. The number of hydrogen-bond donors (Lipinski definition) is 0. The summed E-state index contributed by atoms with van der Waals surface area (Å²) in [7, 11) is -4.12. The molecule has 1 aliphatic rings. The first kappa shape index (κ1) is 23.7. The molecule has 1 heterocycles. The number of carbonyl (C=O) groups is 1. The summed E-state index contributed by atoms with van der Waals surface area (Å²) in [5.74, 6) is -1.23. The molecule has 0 unspecified atom stereocenters. The second-order valence-electron chi connectivity index (χ2n) is 8.12. The largest absolute Gasteiger partial charge is 0.366 e. The van der Waals surface area contributed by atoms with E-state index < -0.39 is 22.4 Å². The standard InChI is InChI=1S/C25H25F2N3O3S/c1-19-6-10-21(11-7-19)30(34(32,33)22-12-8-20(26)9-13-22)18-25(31)29-16-14-28(15-17-29)24-5-3-2-4-23(24)27/h2-13H,14-18H2,1H3. The number of sulfonamides is 1. The maximum atomic E-state index is 14.1. The molecule has 1 saturated heterocycles. The number of halogens is 2.